The molecule has 4 rings (SSSR count). The number of hydrogen-bond acceptors (Lipinski definition) is 4. The van der Waals surface area contributed by atoms with Crippen molar-refractivity contribution in [3.63, 3.8) is 0 Å². The Bertz CT molecular complexity index is 1130. The van der Waals surface area contributed by atoms with Gasteiger partial charge < -0.3 is 10.1 Å². The fourth-order valence-electron chi connectivity index (χ4n) is 2.88. The van der Waals surface area contributed by atoms with E-state index in [1.807, 2.05) is 30.3 Å². The lowest BCUT2D eigenvalue weighted by molar-refractivity contribution is 0.101. The van der Waals surface area contributed by atoms with Crippen LogP contribution in [0.2, 0.25) is 0 Å². The molecule has 1 N–H and O–H groups in total. The van der Waals surface area contributed by atoms with E-state index in [9.17, 15) is 9.18 Å². The highest BCUT2D eigenvalue weighted by Crippen LogP contribution is 2.26. The Kier molecular flexibility index (Phi) is 5.58. The van der Waals surface area contributed by atoms with Gasteiger partial charge in [-0.2, -0.15) is 0 Å². The molecule has 30 heavy (non-hydrogen) atoms. The molecule has 0 atom stereocenters. The lowest BCUT2D eigenvalue weighted by Crippen LogP contribution is -2.15. The topological polar surface area (TPSA) is 69.0 Å². The summed E-state index contributed by atoms with van der Waals surface area (Å²) in [6.45, 7) is 0. The average molecular weight is 467 g/mol. The SMILES string of the molecule is COc1ccccc1NC(=O)c1nc(-c2ccc(Br)cc2)n(-c2ccc(F)cc2)n1. The minimum atomic E-state index is -0.487. The van der Waals surface area contributed by atoms with Crippen molar-refractivity contribution in [2.45, 2.75) is 0 Å². The molecular formula is C22H16BrFN4O2. The maximum Gasteiger partial charge on any atom is 0.295 e. The molecule has 1 heterocycles. The fourth-order valence-corrected chi connectivity index (χ4v) is 3.15. The molecule has 150 valence electrons. The van der Waals surface area contributed by atoms with E-state index in [-0.39, 0.29) is 11.6 Å². The van der Waals surface area contributed by atoms with E-state index in [0.29, 0.717) is 22.9 Å². The molecule has 4 aromatic rings. The number of halogens is 2. The van der Waals surface area contributed by atoms with Crippen molar-refractivity contribution in [1.82, 2.24) is 14.8 Å². The van der Waals surface area contributed by atoms with E-state index in [2.05, 4.69) is 31.3 Å². The van der Waals surface area contributed by atoms with Crippen LogP contribution in [0.15, 0.2) is 77.3 Å². The average Bonchev–Trinajstić information content (AvgIpc) is 3.21. The van der Waals surface area contributed by atoms with Gasteiger partial charge in [-0.05, 0) is 48.5 Å². The van der Waals surface area contributed by atoms with Gasteiger partial charge in [0.05, 0.1) is 18.5 Å². The number of carbonyl (C=O) groups excluding carboxylic acids is 1. The van der Waals surface area contributed by atoms with Crippen LogP contribution in [-0.2, 0) is 0 Å². The summed E-state index contributed by atoms with van der Waals surface area (Å²) in [5, 5.41) is 7.15. The van der Waals surface area contributed by atoms with Gasteiger partial charge in [0.2, 0.25) is 5.82 Å². The number of carbonyl (C=O) groups is 1. The Morgan fingerprint density at radius 2 is 1.73 bits per heavy atom. The second-order valence-electron chi connectivity index (χ2n) is 6.31. The molecule has 1 aromatic heterocycles. The molecule has 1 amide bonds. The Labute approximate surface area is 180 Å². The van der Waals surface area contributed by atoms with Crippen molar-refractivity contribution >= 4 is 27.5 Å². The predicted octanol–water partition coefficient (Wildman–Crippen LogP) is 5.10. The number of anilines is 1. The molecular weight excluding hydrogens is 451 g/mol. The first kappa shape index (κ1) is 19.8. The van der Waals surface area contributed by atoms with Crippen molar-refractivity contribution < 1.29 is 13.9 Å². The summed E-state index contributed by atoms with van der Waals surface area (Å²) < 4.78 is 21.1. The molecule has 0 saturated carbocycles. The number of amides is 1. The molecule has 0 aliphatic heterocycles. The highest BCUT2D eigenvalue weighted by Gasteiger charge is 2.20. The quantitative estimate of drug-likeness (QED) is 0.444. The molecule has 6 nitrogen and oxygen atoms in total. The number of nitrogens with one attached hydrogen (secondary N) is 1. The summed E-state index contributed by atoms with van der Waals surface area (Å²) in [6, 6.07) is 20.3. The molecule has 0 unspecified atom stereocenters. The summed E-state index contributed by atoms with van der Waals surface area (Å²) in [7, 11) is 1.53. The third-order valence-electron chi connectivity index (χ3n) is 4.34. The predicted molar refractivity (Wildman–Crippen MR) is 115 cm³/mol. The Hall–Kier alpha value is -3.52. The number of ether oxygens (including phenoxy) is 1. The van der Waals surface area contributed by atoms with Crippen molar-refractivity contribution in [2.24, 2.45) is 0 Å². The third kappa shape index (κ3) is 4.08. The molecule has 0 spiro atoms. The summed E-state index contributed by atoms with van der Waals surface area (Å²) in [6.07, 6.45) is 0. The van der Waals surface area contributed by atoms with Crippen LogP contribution in [0.25, 0.3) is 17.1 Å². The molecule has 0 fully saturated rings. The van der Waals surface area contributed by atoms with Gasteiger partial charge in [-0.15, -0.1) is 5.10 Å². The molecule has 8 heteroatoms. The van der Waals surface area contributed by atoms with E-state index in [1.54, 1.807) is 30.3 Å². The summed E-state index contributed by atoms with van der Waals surface area (Å²) in [5.41, 5.74) is 1.85. The number of benzene rings is 3. The number of hydrogen-bond donors (Lipinski definition) is 1. The van der Waals surface area contributed by atoms with Gasteiger partial charge >= 0.3 is 0 Å². The van der Waals surface area contributed by atoms with Gasteiger partial charge in [0.1, 0.15) is 11.6 Å². The molecule has 0 aliphatic carbocycles. The minimum Gasteiger partial charge on any atom is -0.495 e. The van der Waals surface area contributed by atoms with E-state index in [1.165, 1.54) is 23.9 Å². The van der Waals surface area contributed by atoms with Crippen LogP contribution in [-0.4, -0.2) is 27.8 Å². The van der Waals surface area contributed by atoms with Crippen LogP contribution in [0.4, 0.5) is 10.1 Å². The normalized spacial score (nSPS) is 10.6. The minimum absolute atomic E-state index is 0.0249. The molecule has 0 radical (unpaired) electrons. The van der Waals surface area contributed by atoms with Crippen LogP contribution in [0.1, 0.15) is 10.6 Å². The Morgan fingerprint density at radius 1 is 1.03 bits per heavy atom. The second-order valence-corrected chi connectivity index (χ2v) is 7.22. The number of methoxy groups -OCH3 is 1. The first-order chi connectivity index (χ1) is 14.5. The third-order valence-corrected chi connectivity index (χ3v) is 4.87. The largest absolute Gasteiger partial charge is 0.495 e. The summed E-state index contributed by atoms with van der Waals surface area (Å²) in [5.74, 6) is 0.108. The van der Waals surface area contributed by atoms with Crippen LogP contribution in [0.3, 0.4) is 0 Å². The first-order valence-corrected chi connectivity index (χ1v) is 9.78. The van der Waals surface area contributed by atoms with Crippen molar-refractivity contribution in [1.29, 1.82) is 0 Å². The Morgan fingerprint density at radius 3 is 2.43 bits per heavy atom. The van der Waals surface area contributed by atoms with Gasteiger partial charge in [0.25, 0.3) is 5.91 Å². The van der Waals surface area contributed by atoms with E-state index < -0.39 is 5.91 Å². The fraction of sp³-hybridized carbons (Fsp3) is 0.0455. The van der Waals surface area contributed by atoms with E-state index >= 15 is 0 Å². The first-order valence-electron chi connectivity index (χ1n) is 8.98. The monoisotopic (exact) mass is 466 g/mol. The lowest BCUT2D eigenvalue weighted by Gasteiger charge is -2.08. The van der Waals surface area contributed by atoms with Gasteiger partial charge in [-0.3, -0.25) is 4.79 Å². The van der Waals surface area contributed by atoms with Gasteiger partial charge in [-0.1, -0.05) is 40.2 Å². The van der Waals surface area contributed by atoms with E-state index in [4.69, 9.17) is 4.74 Å². The number of rotatable bonds is 5. The summed E-state index contributed by atoms with van der Waals surface area (Å²) in [4.78, 5) is 17.3. The lowest BCUT2D eigenvalue weighted by atomic mass is 10.2. The Balaban J connectivity index is 1.75. The standard InChI is InChI=1S/C22H16BrFN4O2/c1-30-19-5-3-2-4-18(19)25-22(29)20-26-21(14-6-8-15(23)9-7-14)28(27-20)17-12-10-16(24)11-13-17/h2-13H,1H3,(H,25,29). The van der Waals surface area contributed by atoms with Crippen LogP contribution >= 0.6 is 15.9 Å². The van der Waals surface area contributed by atoms with Crippen molar-refractivity contribution in [3.05, 3.63) is 88.9 Å². The second kappa shape index (κ2) is 8.46. The zero-order chi connectivity index (χ0) is 21.1. The van der Waals surface area contributed by atoms with Crippen LogP contribution in [0, 0.1) is 5.82 Å². The number of para-hydroxylation sites is 2. The maximum atomic E-state index is 13.4. The van der Waals surface area contributed by atoms with Crippen LogP contribution in [0.5, 0.6) is 5.75 Å². The van der Waals surface area contributed by atoms with Gasteiger partial charge in [-0.25, -0.2) is 14.1 Å². The number of nitrogens with zero attached hydrogens (tertiary/aromatic N) is 3. The number of aromatic nitrogens is 3. The smallest absolute Gasteiger partial charge is 0.295 e. The highest BCUT2D eigenvalue weighted by atomic mass is 79.9. The molecule has 0 bridgehead atoms. The molecule has 3 aromatic carbocycles. The highest BCUT2D eigenvalue weighted by molar-refractivity contribution is 9.10. The maximum absolute atomic E-state index is 13.4. The van der Waals surface area contributed by atoms with Gasteiger partial charge in [0.15, 0.2) is 5.82 Å². The summed E-state index contributed by atoms with van der Waals surface area (Å²) >= 11 is 3.41. The zero-order valence-electron chi connectivity index (χ0n) is 15.8. The zero-order valence-corrected chi connectivity index (χ0v) is 17.4. The molecule has 0 aliphatic rings. The van der Waals surface area contributed by atoms with Crippen molar-refractivity contribution in [2.75, 3.05) is 12.4 Å². The van der Waals surface area contributed by atoms with Crippen LogP contribution < -0.4 is 10.1 Å². The van der Waals surface area contributed by atoms with E-state index in [0.717, 1.165) is 10.0 Å². The van der Waals surface area contributed by atoms with Gasteiger partial charge in [0, 0.05) is 10.0 Å². The molecule has 0 saturated heterocycles. The van der Waals surface area contributed by atoms with Crippen molar-refractivity contribution in [3.8, 4) is 22.8 Å².